The highest BCUT2D eigenvalue weighted by Crippen LogP contribution is 2.40. The number of amides is 2. The van der Waals surface area contributed by atoms with Crippen LogP contribution in [0.2, 0.25) is 0 Å². The third-order valence-corrected chi connectivity index (χ3v) is 5.57. The first-order chi connectivity index (χ1) is 16.5. The van der Waals surface area contributed by atoms with Gasteiger partial charge in [-0.3, -0.25) is 9.59 Å². The number of nitrogens with two attached hydrogens (primary N) is 1. The minimum atomic E-state index is -0.547. The molecule has 34 heavy (non-hydrogen) atoms. The largest absolute Gasteiger partial charge is 0.484 e. The molecule has 2 aromatic carbocycles. The fourth-order valence-electron chi connectivity index (χ4n) is 4.06. The molecule has 1 atom stereocenters. The molecular weight excluding hydrogens is 434 g/mol. The topological polar surface area (TPSA) is 138 Å². The second-order valence-electron chi connectivity index (χ2n) is 7.90. The number of aryl methyl sites for hydroxylation is 1. The summed E-state index contributed by atoms with van der Waals surface area (Å²) in [5, 5.41) is 15.8. The van der Waals surface area contributed by atoms with Crippen LogP contribution in [-0.2, 0) is 9.59 Å². The maximum Gasteiger partial charge on any atom is 0.272 e. The second kappa shape index (κ2) is 8.74. The smallest absolute Gasteiger partial charge is 0.272 e. The lowest BCUT2D eigenvalue weighted by molar-refractivity contribution is -0.120. The molecule has 0 spiro atoms. The Bertz CT molecular complexity index is 1370. The van der Waals surface area contributed by atoms with Crippen LogP contribution in [0.25, 0.3) is 17.2 Å². The highest BCUT2D eigenvalue weighted by Gasteiger charge is 2.33. The summed E-state index contributed by atoms with van der Waals surface area (Å²) in [6.45, 7) is 1.69. The maximum absolute atomic E-state index is 12.7. The van der Waals surface area contributed by atoms with Gasteiger partial charge in [0.05, 0.1) is 17.6 Å². The van der Waals surface area contributed by atoms with Gasteiger partial charge in [0.1, 0.15) is 11.6 Å². The summed E-state index contributed by atoms with van der Waals surface area (Å²) >= 11 is 0. The van der Waals surface area contributed by atoms with Gasteiger partial charge >= 0.3 is 0 Å². The number of primary amides is 1. The van der Waals surface area contributed by atoms with Crippen molar-refractivity contribution in [2.75, 3.05) is 11.9 Å². The lowest BCUT2D eigenvalue weighted by Gasteiger charge is -2.24. The van der Waals surface area contributed by atoms with E-state index in [9.17, 15) is 9.59 Å². The third-order valence-electron chi connectivity index (χ3n) is 5.57. The number of hydrogen-bond acceptors (Lipinski definition) is 7. The Morgan fingerprint density at radius 1 is 1.18 bits per heavy atom. The standard InChI is InChI=1S/C24H21N7O3/c1-14-22-18(15-7-9-17(10-8-15)34-13-20(25)32)11-21(33)28-23(22)31(30-14)24-27-19(12-26-29-24)16-5-3-2-4-6-16/h2-10,12,18H,11,13H2,1H3,(H2,25,32)(H,28,33)/t18-/m1/s1. The zero-order chi connectivity index (χ0) is 23.7. The molecule has 0 aliphatic carbocycles. The summed E-state index contributed by atoms with van der Waals surface area (Å²) in [4.78, 5) is 28.2. The summed E-state index contributed by atoms with van der Waals surface area (Å²) in [7, 11) is 0. The van der Waals surface area contributed by atoms with Crippen molar-refractivity contribution in [3.63, 3.8) is 0 Å². The van der Waals surface area contributed by atoms with E-state index in [1.165, 1.54) is 4.68 Å². The Balaban J connectivity index is 1.51. The molecule has 3 N–H and O–H groups in total. The number of carbonyl (C=O) groups is 2. The number of hydrogen-bond donors (Lipinski definition) is 2. The van der Waals surface area contributed by atoms with Gasteiger partial charge in [0, 0.05) is 23.5 Å². The summed E-state index contributed by atoms with van der Waals surface area (Å²) in [5.41, 5.74) is 9.24. The minimum Gasteiger partial charge on any atom is -0.484 e. The number of aromatic nitrogens is 5. The molecule has 0 radical (unpaired) electrons. The minimum absolute atomic E-state index is 0.139. The third kappa shape index (κ3) is 4.08. The molecule has 1 aliphatic rings. The Morgan fingerprint density at radius 3 is 2.68 bits per heavy atom. The van der Waals surface area contributed by atoms with Crippen LogP contribution in [0.15, 0.2) is 60.8 Å². The van der Waals surface area contributed by atoms with Crippen LogP contribution in [0.5, 0.6) is 5.75 Å². The van der Waals surface area contributed by atoms with Crippen molar-refractivity contribution in [1.82, 2.24) is 25.0 Å². The molecule has 0 saturated heterocycles. The predicted octanol–water partition coefficient (Wildman–Crippen LogP) is 2.37. The number of nitrogens with one attached hydrogen (secondary N) is 1. The number of anilines is 1. The van der Waals surface area contributed by atoms with Gasteiger partial charge in [0.2, 0.25) is 5.91 Å². The lowest BCUT2D eigenvalue weighted by Crippen LogP contribution is -2.25. The van der Waals surface area contributed by atoms with Crippen LogP contribution < -0.4 is 15.8 Å². The Kier molecular flexibility index (Phi) is 5.46. The molecule has 10 heteroatoms. The number of benzene rings is 2. The molecule has 0 unspecified atom stereocenters. The van der Waals surface area contributed by atoms with Crippen molar-refractivity contribution in [3.05, 3.63) is 77.6 Å². The molecule has 0 fully saturated rings. The number of ether oxygens (including phenoxy) is 1. The van der Waals surface area contributed by atoms with Crippen LogP contribution >= 0.6 is 0 Å². The zero-order valence-corrected chi connectivity index (χ0v) is 18.3. The second-order valence-corrected chi connectivity index (χ2v) is 7.90. The van der Waals surface area contributed by atoms with E-state index in [4.69, 9.17) is 10.5 Å². The monoisotopic (exact) mass is 455 g/mol. The van der Waals surface area contributed by atoms with E-state index in [0.29, 0.717) is 17.3 Å². The Labute approximate surface area is 194 Å². The first kappa shape index (κ1) is 21.3. The summed E-state index contributed by atoms with van der Waals surface area (Å²) in [6.07, 6.45) is 1.86. The molecule has 5 rings (SSSR count). The molecule has 10 nitrogen and oxygen atoms in total. The van der Waals surface area contributed by atoms with E-state index in [1.807, 2.05) is 49.4 Å². The van der Waals surface area contributed by atoms with E-state index in [2.05, 4.69) is 25.6 Å². The van der Waals surface area contributed by atoms with E-state index >= 15 is 0 Å². The number of carbonyl (C=O) groups excluding carboxylic acids is 2. The summed E-state index contributed by atoms with van der Waals surface area (Å²) in [6, 6.07) is 16.9. The van der Waals surface area contributed by atoms with Gasteiger partial charge in [-0.15, -0.1) is 5.10 Å². The normalized spacial score (nSPS) is 14.9. The molecule has 2 aromatic heterocycles. The fraction of sp³-hybridized carbons (Fsp3) is 0.167. The Hall–Kier alpha value is -4.60. The fourth-order valence-corrected chi connectivity index (χ4v) is 4.06. The highest BCUT2D eigenvalue weighted by atomic mass is 16.5. The maximum atomic E-state index is 12.7. The first-order valence-electron chi connectivity index (χ1n) is 10.7. The molecule has 0 bridgehead atoms. The van der Waals surface area contributed by atoms with Gasteiger partial charge < -0.3 is 15.8 Å². The van der Waals surface area contributed by atoms with Gasteiger partial charge in [0.25, 0.3) is 11.9 Å². The molecular formula is C24H21N7O3. The first-order valence-corrected chi connectivity index (χ1v) is 10.7. The van der Waals surface area contributed by atoms with Crippen LogP contribution in [-0.4, -0.2) is 43.4 Å². The quantitative estimate of drug-likeness (QED) is 0.455. The van der Waals surface area contributed by atoms with Crippen molar-refractivity contribution in [3.8, 4) is 23.0 Å². The molecule has 2 amide bonds. The molecule has 3 heterocycles. The van der Waals surface area contributed by atoms with Gasteiger partial charge in [-0.1, -0.05) is 42.5 Å². The van der Waals surface area contributed by atoms with Gasteiger partial charge in [-0.05, 0) is 24.6 Å². The van der Waals surface area contributed by atoms with E-state index < -0.39 is 5.91 Å². The molecule has 170 valence electrons. The number of rotatable bonds is 6. The van der Waals surface area contributed by atoms with Crippen LogP contribution in [0.3, 0.4) is 0 Å². The van der Waals surface area contributed by atoms with Crippen molar-refractivity contribution in [2.45, 2.75) is 19.3 Å². The van der Waals surface area contributed by atoms with Crippen LogP contribution in [0, 0.1) is 6.92 Å². The molecule has 0 saturated carbocycles. The highest BCUT2D eigenvalue weighted by molar-refractivity contribution is 5.95. The zero-order valence-electron chi connectivity index (χ0n) is 18.3. The van der Waals surface area contributed by atoms with Crippen LogP contribution in [0.1, 0.15) is 29.2 Å². The number of fused-ring (bicyclic) bond motifs is 1. The van der Waals surface area contributed by atoms with Crippen molar-refractivity contribution < 1.29 is 14.3 Å². The van der Waals surface area contributed by atoms with E-state index in [1.54, 1.807) is 18.3 Å². The predicted molar refractivity (Wildman–Crippen MR) is 123 cm³/mol. The van der Waals surface area contributed by atoms with Gasteiger partial charge in [-0.2, -0.15) is 14.9 Å². The molecule has 4 aromatic rings. The van der Waals surface area contributed by atoms with Crippen molar-refractivity contribution in [2.24, 2.45) is 5.73 Å². The average molecular weight is 455 g/mol. The van der Waals surface area contributed by atoms with E-state index in [0.717, 1.165) is 22.4 Å². The lowest BCUT2D eigenvalue weighted by atomic mass is 9.86. The SMILES string of the molecule is Cc1nn(-c2nncc(-c3ccccc3)n2)c2c1[C@@H](c1ccc(OCC(N)=O)cc1)CC(=O)N2. The van der Waals surface area contributed by atoms with Crippen molar-refractivity contribution >= 4 is 17.6 Å². The number of nitrogens with zero attached hydrogens (tertiary/aromatic N) is 5. The van der Waals surface area contributed by atoms with E-state index in [-0.39, 0.29) is 30.8 Å². The summed E-state index contributed by atoms with van der Waals surface area (Å²) < 4.78 is 6.87. The van der Waals surface area contributed by atoms with Gasteiger partial charge in [-0.25, -0.2) is 4.98 Å². The molecule has 1 aliphatic heterocycles. The Morgan fingerprint density at radius 2 is 1.94 bits per heavy atom. The average Bonchev–Trinajstić information content (AvgIpc) is 3.19. The van der Waals surface area contributed by atoms with Crippen LogP contribution in [0.4, 0.5) is 5.82 Å². The van der Waals surface area contributed by atoms with Gasteiger partial charge in [0.15, 0.2) is 6.61 Å². The van der Waals surface area contributed by atoms with Crippen molar-refractivity contribution in [1.29, 1.82) is 0 Å². The summed E-state index contributed by atoms with van der Waals surface area (Å²) in [5.74, 6) is 0.413.